The Labute approximate surface area is 153 Å². The van der Waals surface area contributed by atoms with E-state index < -0.39 is 0 Å². The Hall–Kier alpha value is -2.67. The first-order valence-electron chi connectivity index (χ1n) is 9.01. The van der Waals surface area contributed by atoms with Crippen LogP contribution in [0.2, 0.25) is 0 Å². The number of amides is 1. The predicted octanol–water partition coefficient (Wildman–Crippen LogP) is 2.91. The summed E-state index contributed by atoms with van der Waals surface area (Å²) in [6.07, 6.45) is 3.72. The van der Waals surface area contributed by atoms with Gasteiger partial charge >= 0.3 is 0 Å². The Morgan fingerprint density at radius 3 is 2.73 bits per heavy atom. The van der Waals surface area contributed by atoms with Gasteiger partial charge < -0.3 is 20.9 Å². The van der Waals surface area contributed by atoms with Crippen molar-refractivity contribution in [1.29, 1.82) is 0 Å². The summed E-state index contributed by atoms with van der Waals surface area (Å²) in [5.74, 6) is 0.910. The van der Waals surface area contributed by atoms with Crippen molar-refractivity contribution in [3.05, 3.63) is 35.0 Å². The molecule has 0 unspecified atom stereocenters. The van der Waals surface area contributed by atoms with Crippen molar-refractivity contribution in [1.82, 2.24) is 14.9 Å². The van der Waals surface area contributed by atoms with Crippen molar-refractivity contribution >= 4 is 29.0 Å². The lowest BCUT2D eigenvalue weighted by molar-refractivity contribution is 0.102. The van der Waals surface area contributed by atoms with Gasteiger partial charge in [0.2, 0.25) is 5.95 Å². The van der Waals surface area contributed by atoms with Gasteiger partial charge in [0.25, 0.3) is 5.91 Å². The summed E-state index contributed by atoms with van der Waals surface area (Å²) in [7, 11) is 2.14. The van der Waals surface area contributed by atoms with Crippen LogP contribution in [0.25, 0.3) is 0 Å². The average molecular weight is 352 g/mol. The Morgan fingerprint density at radius 2 is 1.96 bits per heavy atom. The second-order valence-electron chi connectivity index (χ2n) is 7.26. The number of hydrogen-bond acceptors (Lipinski definition) is 6. The molecule has 1 fully saturated rings. The van der Waals surface area contributed by atoms with E-state index in [2.05, 4.69) is 43.9 Å². The molecular formula is C19H24N6O. The van der Waals surface area contributed by atoms with Gasteiger partial charge in [-0.05, 0) is 64.0 Å². The fraction of sp³-hybridized carbons (Fsp3) is 0.421. The smallest absolute Gasteiger partial charge is 0.261 e. The van der Waals surface area contributed by atoms with Crippen LogP contribution < -0.4 is 16.0 Å². The van der Waals surface area contributed by atoms with E-state index in [1.165, 1.54) is 0 Å². The van der Waals surface area contributed by atoms with Crippen LogP contribution in [0.5, 0.6) is 0 Å². The first kappa shape index (κ1) is 16.8. The molecule has 3 N–H and O–H groups in total. The largest absolute Gasteiger partial charge is 0.351 e. The third kappa shape index (κ3) is 3.22. The van der Waals surface area contributed by atoms with Crippen LogP contribution in [0, 0.1) is 13.8 Å². The maximum absolute atomic E-state index is 12.6. The zero-order valence-corrected chi connectivity index (χ0v) is 15.4. The van der Waals surface area contributed by atoms with Gasteiger partial charge in [-0.25, -0.2) is 4.98 Å². The summed E-state index contributed by atoms with van der Waals surface area (Å²) in [5, 5.41) is 9.70. The van der Waals surface area contributed by atoms with Crippen LogP contribution in [-0.4, -0.2) is 47.0 Å². The van der Waals surface area contributed by atoms with Gasteiger partial charge in [0.05, 0.1) is 11.4 Å². The molecule has 2 aromatic rings. The van der Waals surface area contributed by atoms with Crippen molar-refractivity contribution < 1.29 is 4.79 Å². The monoisotopic (exact) mass is 352 g/mol. The first-order chi connectivity index (χ1) is 12.5. The molecule has 0 aliphatic carbocycles. The molecule has 7 heteroatoms. The number of piperidine rings is 1. The average Bonchev–Trinajstić information content (AvgIpc) is 2.73. The van der Waals surface area contributed by atoms with Crippen LogP contribution in [0.3, 0.4) is 0 Å². The summed E-state index contributed by atoms with van der Waals surface area (Å²) >= 11 is 0. The highest BCUT2D eigenvalue weighted by Crippen LogP contribution is 2.34. The van der Waals surface area contributed by atoms with Gasteiger partial charge in [0.1, 0.15) is 11.4 Å². The maximum Gasteiger partial charge on any atom is 0.261 e. The number of likely N-dealkylation sites (tertiary alicyclic amines) is 1. The molecule has 1 aromatic heterocycles. The molecule has 0 radical (unpaired) electrons. The second kappa shape index (κ2) is 6.57. The number of rotatable bonds is 2. The van der Waals surface area contributed by atoms with Gasteiger partial charge in [-0.3, -0.25) is 4.79 Å². The zero-order chi connectivity index (χ0) is 18.3. The maximum atomic E-state index is 12.6. The van der Waals surface area contributed by atoms with Crippen LogP contribution >= 0.6 is 0 Å². The fourth-order valence-electron chi connectivity index (χ4n) is 3.59. The van der Waals surface area contributed by atoms with E-state index in [9.17, 15) is 4.79 Å². The molecule has 26 heavy (non-hydrogen) atoms. The van der Waals surface area contributed by atoms with Crippen molar-refractivity contribution in [2.45, 2.75) is 32.7 Å². The number of nitrogens with zero attached hydrogens (tertiary/aromatic N) is 3. The molecule has 0 bridgehead atoms. The topological polar surface area (TPSA) is 82.2 Å². The number of fused-ring (bicyclic) bond motifs is 2. The second-order valence-corrected chi connectivity index (χ2v) is 7.26. The molecule has 1 aromatic carbocycles. The molecule has 3 heterocycles. The quantitative estimate of drug-likeness (QED) is 0.771. The number of benzene rings is 1. The lowest BCUT2D eigenvalue weighted by Crippen LogP contribution is -2.37. The molecule has 1 amide bonds. The Morgan fingerprint density at radius 1 is 1.19 bits per heavy atom. The SMILES string of the molecule is Cc1cc(C)c2c(c1)NC(=O)c1cnc(NC3CCN(C)CC3)nc1N2. The number of anilines is 4. The summed E-state index contributed by atoms with van der Waals surface area (Å²) in [5.41, 5.74) is 4.27. The molecule has 0 spiro atoms. The Bertz CT molecular complexity index is 857. The number of nitrogens with one attached hydrogen (secondary N) is 3. The zero-order valence-electron chi connectivity index (χ0n) is 15.4. The number of hydrogen-bond donors (Lipinski definition) is 3. The standard InChI is InChI=1S/C19H24N6O/c1-11-8-12(2)16-15(9-11)22-18(26)14-10-20-19(24-17(14)23-16)21-13-4-6-25(3)7-5-13/h8-10,13H,4-7H2,1-3H3,(H,22,26)(H2,20,21,23,24). The minimum atomic E-state index is -0.193. The highest BCUT2D eigenvalue weighted by Gasteiger charge is 2.23. The van der Waals surface area contributed by atoms with Gasteiger partial charge in [0, 0.05) is 12.2 Å². The van der Waals surface area contributed by atoms with Crippen molar-refractivity contribution in [2.75, 3.05) is 36.1 Å². The normalized spacial score (nSPS) is 17.6. The Balaban J connectivity index is 1.63. The van der Waals surface area contributed by atoms with Crippen molar-refractivity contribution in [3.8, 4) is 0 Å². The Kier molecular flexibility index (Phi) is 4.24. The fourth-order valence-corrected chi connectivity index (χ4v) is 3.59. The van der Waals surface area contributed by atoms with Crippen LogP contribution in [0.15, 0.2) is 18.3 Å². The molecule has 4 rings (SSSR count). The first-order valence-corrected chi connectivity index (χ1v) is 9.01. The van der Waals surface area contributed by atoms with E-state index in [1.807, 2.05) is 19.9 Å². The van der Waals surface area contributed by atoms with E-state index in [0.29, 0.717) is 23.4 Å². The minimum absolute atomic E-state index is 0.193. The van der Waals surface area contributed by atoms with Gasteiger partial charge in [0.15, 0.2) is 0 Å². The molecule has 0 atom stereocenters. The third-order valence-corrected chi connectivity index (χ3v) is 5.06. The number of carbonyl (C=O) groups is 1. The van der Waals surface area contributed by atoms with E-state index in [-0.39, 0.29) is 5.91 Å². The van der Waals surface area contributed by atoms with E-state index >= 15 is 0 Å². The summed E-state index contributed by atoms with van der Waals surface area (Å²) < 4.78 is 0. The molecule has 1 saturated heterocycles. The highest BCUT2D eigenvalue weighted by molar-refractivity contribution is 6.11. The van der Waals surface area contributed by atoms with Gasteiger partial charge in [-0.1, -0.05) is 6.07 Å². The number of carbonyl (C=O) groups excluding carboxylic acids is 1. The van der Waals surface area contributed by atoms with Crippen LogP contribution in [0.1, 0.15) is 34.3 Å². The summed E-state index contributed by atoms with van der Waals surface area (Å²) in [4.78, 5) is 23.8. The molecule has 2 aliphatic heterocycles. The highest BCUT2D eigenvalue weighted by atomic mass is 16.1. The van der Waals surface area contributed by atoms with E-state index in [4.69, 9.17) is 0 Å². The molecule has 0 saturated carbocycles. The molecular weight excluding hydrogens is 328 g/mol. The minimum Gasteiger partial charge on any atom is -0.351 e. The van der Waals surface area contributed by atoms with Crippen molar-refractivity contribution in [2.24, 2.45) is 0 Å². The molecule has 136 valence electrons. The summed E-state index contributed by atoms with van der Waals surface area (Å²) in [6.45, 7) is 6.17. The van der Waals surface area contributed by atoms with Gasteiger partial charge in [-0.15, -0.1) is 0 Å². The lowest BCUT2D eigenvalue weighted by atomic mass is 10.1. The molecule has 2 aliphatic rings. The summed E-state index contributed by atoms with van der Waals surface area (Å²) in [6, 6.07) is 4.41. The predicted molar refractivity (Wildman–Crippen MR) is 103 cm³/mol. The molecule has 7 nitrogen and oxygen atoms in total. The van der Waals surface area contributed by atoms with Crippen molar-refractivity contribution in [3.63, 3.8) is 0 Å². The van der Waals surface area contributed by atoms with Crippen LogP contribution in [0.4, 0.5) is 23.1 Å². The van der Waals surface area contributed by atoms with E-state index in [0.717, 1.165) is 48.4 Å². The third-order valence-electron chi connectivity index (χ3n) is 5.06. The number of aryl methyl sites for hydroxylation is 2. The number of aromatic nitrogens is 2. The van der Waals surface area contributed by atoms with Crippen LogP contribution in [-0.2, 0) is 0 Å². The lowest BCUT2D eigenvalue weighted by Gasteiger charge is -2.29. The van der Waals surface area contributed by atoms with Gasteiger partial charge in [-0.2, -0.15) is 4.98 Å². The van der Waals surface area contributed by atoms with E-state index in [1.54, 1.807) is 6.20 Å².